The highest BCUT2D eigenvalue weighted by Crippen LogP contribution is 2.19. The summed E-state index contributed by atoms with van der Waals surface area (Å²) in [4.78, 5) is 14.5. The molecule has 0 N–H and O–H groups in total. The lowest BCUT2D eigenvalue weighted by Gasteiger charge is -2.37. The van der Waals surface area contributed by atoms with Crippen molar-refractivity contribution in [1.82, 2.24) is 4.90 Å². The predicted molar refractivity (Wildman–Crippen MR) is 84.6 cm³/mol. The SMILES string of the molecule is CC(C)c1ccc(C(=O)N2CC(CBr)OCC2C)cc1. The molecule has 0 bridgehead atoms. The van der Waals surface area contributed by atoms with E-state index in [2.05, 4.69) is 29.8 Å². The second-order valence-corrected chi connectivity index (χ2v) is 6.34. The highest BCUT2D eigenvalue weighted by atomic mass is 79.9. The Kier molecular flexibility index (Phi) is 5.22. The van der Waals surface area contributed by atoms with Crippen molar-refractivity contribution in [3.8, 4) is 0 Å². The van der Waals surface area contributed by atoms with Gasteiger partial charge in [0.15, 0.2) is 0 Å². The Morgan fingerprint density at radius 1 is 1.40 bits per heavy atom. The summed E-state index contributed by atoms with van der Waals surface area (Å²) in [7, 11) is 0. The van der Waals surface area contributed by atoms with Crippen molar-refractivity contribution in [2.45, 2.75) is 38.8 Å². The third-order valence-electron chi connectivity index (χ3n) is 3.76. The monoisotopic (exact) mass is 339 g/mol. The molecule has 2 rings (SSSR count). The molecule has 2 unspecified atom stereocenters. The van der Waals surface area contributed by atoms with Gasteiger partial charge in [-0.15, -0.1) is 0 Å². The molecular formula is C16H22BrNO2. The van der Waals surface area contributed by atoms with Crippen molar-refractivity contribution in [1.29, 1.82) is 0 Å². The van der Waals surface area contributed by atoms with Crippen LogP contribution in [0.15, 0.2) is 24.3 Å². The molecule has 1 aliphatic rings. The summed E-state index contributed by atoms with van der Waals surface area (Å²) in [6.07, 6.45) is 0.0880. The maximum absolute atomic E-state index is 12.6. The smallest absolute Gasteiger partial charge is 0.254 e. The lowest BCUT2D eigenvalue weighted by molar-refractivity contribution is -0.0361. The molecule has 1 heterocycles. The minimum Gasteiger partial charge on any atom is -0.373 e. The van der Waals surface area contributed by atoms with Crippen LogP contribution in [0.4, 0.5) is 0 Å². The van der Waals surface area contributed by atoms with E-state index in [0.29, 0.717) is 19.1 Å². The van der Waals surface area contributed by atoms with Gasteiger partial charge in [-0.2, -0.15) is 0 Å². The molecule has 0 radical (unpaired) electrons. The number of carbonyl (C=O) groups is 1. The molecule has 0 saturated carbocycles. The van der Waals surface area contributed by atoms with Gasteiger partial charge >= 0.3 is 0 Å². The minimum absolute atomic E-state index is 0.0880. The van der Waals surface area contributed by atoms with E-state index in [1.165, 1.54) is 5.56 Å². The third kappa shape index (κ3) is 3.41. The van der Waals surface area contributed by atoms with Gasteiger partial charge in [0.2, 0.25) is 0 Å². The number of alkyl halides is 1. The number of hydrogen-bond acceptors (Lipinski definition) is 2. The van der Waals surface area contributed by atoms with Gasteiger partial charge in [0, 0.05) is 17.4 Å². The summed E-state index contributed by atoms with van der Waals surface area (Å²) < 4.78 is 5.67. The lowest BCUT2D eigenvalue weighted by Crippen LogP contribution is -2.51. The number of carbonyl (C=O) groups excluding carboxylic acids is 1. The molecule has 0 aliphatic carbocycles. The van der Waals surface area contributed by atoms with Crippen molar-refractivity contribution in [3.63, 3.8) is 0 Å². The van der Waals surface area contributed by atoms with E-state index < -0.39 is 0 Å². The van der Waals surface area contributed by atoms with Crippen LogP contribution in [0.5, 0.6) is 0 Å². The molecular weight excluding hydrogens is 318 g/mol. The average Bonchev–Trinajstić information content (AvgIpc) is 2.47. The fourth-order valence-electron chi connectivity index (χ4n) is 2.37. The van der Waals surface area contributed by atoms with Crippen LogP contribution in [0.1, 0.15) is 42.6 Å². The average molecular weight is 340 g/mol. The fourth-order valence-corrected chi connectivity index (χ4v) is 2.76. The summed E-state index contributed by atoms with van der Waals surface area (Å²) in [5.74, 6) is 0.585. The number of rotatable bonds is 3. The van der Waals surface area contributed by atoms with Gasteiger partial charge < -0.3 is 9.64 Å². The Bertz CT molecular complexity index is 458. The predicted octanol–water partition coefficient (Wildman–Crippen LogP) is 3.43. The van der Waals surface area contributed by atoms with E-state index in [-0.39, 0.29) is 18.1 Å². The topological polar surface area (TPSA) is 29.5 Å². The van der Waals surface area contributed by atoms with Crippen LogP contribution in [-0.2, 0) is 4.74 Å². The fraction of sp³-hybridized carbons (Fsp3) is 0.562. The highest BCUT2D eigenvalue weighted by molar-refractivity contribution is 9.09. The second kappa shape index (κ2) is 6.72. The molecule has 1 aromatic rings. The van der Waals surface area contributed by atoms with Crippen molar-refractivity contribution in [2.24, 2.45) is 0 Å². The summed E-state index contributed by atoms with van der Waals surface area (Å²) in [6.45, 7) is 7.59. The Balaban J connectivity index is 2.13. The zero-order valence-electron chi connectivity index (χ0n) is 12.3. The molecule has 1 saturated heterocycles. The van der Waals surface area contributed by atoms with Gasteiger partial charge in [0.1, 0.15) is 0 Å². The van der Waals surface area contributed by atoms with Gasteiger partial charge in [-0.25, -0.2) is 0 Å². The molecule has 3 nitrogen and oxygen atoms in total. The number of benzene rings is 1. The maximum atomic E-state index is 12.6. The number of ether oxygens (including phenoxy) is 1. The Morgan fingerprint density at radius 3 is 2.60 bits per heavy atom. The first-order valence-corrected chi connectivity index (χ1v) is 8.23. The van der Waals surface area contributed by atoms with Gasteiger partial charge in [-0.05, 0) is 30.5 Å². The zero-order valence-corrected chi connectivity index (χ0v) is 13.9. The van der Waals surface area contributed by atoms with Crippen LogP contribution in [0.2, 0.25) is 0 Å². The van der Waals surface area contributed by atoms with E-state index in [1.54, 1.807) is 0 Å². The molecule has 4 heteroatoms. The van der Waals surface area contributed by atoms with E-state index in [1.807, 2.05) is 36.1 Å². The van der Waals surface area contributed by atoms with E-state index in [0.717, 1.165) is 10.9 Å². The van der Waals surface area contributed by atoms with Crippen LogP contribution in [-0.4, -0.2) is 41.4 Å². The van der Waals surface area contributed by atoms with Crippen LogP contribution < -0.4 is 0 Å². The van der Waals surface area contributed by atoms with E-state index in [4.69, 9.17) is 4.74 Å². The lowest BCUT2D eigenvalue weighted by atomic mass is 10.0. The highest BCUT2D eigenvalue weighted by Gasteiger charge is 2.29. The Labute approximate surface area is 129 Å². The third-order valence-corrected chi connectivity index (χ3v) is 4.48. The summed E-state index contributed by atoms with van der Waals surface area (Å²) in [5, 5.41) is 0.760. The van der Waals surface area contributed by atoms with Crippen LogP contribution >= 0.6 is 15.9 Å². The molecule has 2 atom stereocenters. The number of halogens is 1. The summed E-state index contributed by atoms with van der Waals surface area (Å²) in [6, 6.07) is 8.09. The first-order valence-electron chi connectivity index (χ1n) is 7.11. The van der Waals surface area contributed by atoms with Crippen molar-refractivity contribution < 1.29 is 9.53 Å². The zero-order chi connectivity index (χ0) is 14.7. The maximum Gasteiger partial charge on any atom is 0.254 e. The number of amides is 1. The van der Waals surface area contributed by atoms with Crippen LogP contribution in [0, 0.1) is 0 Å². The molecule has 0 aromatic heterocycles. The summed E-state index contributed by atoms with van der Waals surface area (Å²) >= 11 is 3.43. The Hall–Kier alpha value is -0.870. The quantitative estimate of drug-likeness (QED) is 0.789. The second-order valence-electron chi connectivity index (χ2n) is 5.69. The first-order chi connectivity index (χ1) is 9.52. The molecule has 1 aliphatic heterocycles. The van der Waals surface area contributed by atoms with Crippen molar-refractivity contribution in [2.75, 3.05) is 18.5 Å². The largest absolute Gasteiger partial charge is 0.373 e. The van der Waals surface area contributed by atoms with Gasteiger partial charge in [-0.3, -0.25) is 4.79 Å². The molecule has 1 fully saturated rings. The van der Waals surface area contributed by atoms with E-state index >= 15 is 0 Å². The van der Waals surface area contributed by atoms with E-state index in [9.17, 15) is 4.79 Å². The number of hydrogen-bond donors (Lipinski definition) is 0. The summed E-state index contributed by atoms with van der Waals surface area (Å²) in [5.41, 5.74) is 2.02. The number of morpholine rings is 1. The molecule has 0 spiro atoms. The number of nitrogens with zero attached hydrogens (tertiary/aromatic N) is 1. The van der Waals surface area contributed by atoms with Crippen molar-refractivity contribution in [3.05, 3.63) is 35.4 Å². The normalized spacial score (nSPS) is 23.1. The van der Waals surface area contributed by atoms with Crippen LogP contribution in [0.25, 0.3) is 0 Å². The Morgan fingerprint density at radius 2 is 2.05 bits per heavy atom. The molecule has 1 aromatic carbocycles. The minimum atomic E-state index is 0.0880. The van der Waals surface area contributed by atoms with Gasteiger partial charge in [-0.1, -0.05) is 41.9 Å². The van der Waals surface area contributed by atoms with Crippen LogP contribution in [0.3, 0.4) is 0 Å². The van der Waals surface area contributed by atoms with Gasteiger partial charge in [0.25, 0.3) is 5.91 Å². The first kappa shape index (κ1) is 15.5. The van der Waals surface area contributed by atoms with Gasteiger partial charge in [0.05, 0.1) is 18.8 Å². The molecule has 20 heavy (non-hydrogen) atoms. The standard InChI is InChI=1S/C16H22BrNO2/c1-11(2)13-4-6-14(7-5-13)16(19)18-9-15(8-17)20-10-12(18)3/h4-7,11-12,15H,8-10H2,1-3H3. The van der Waals surface area contributed by atoms with Crippen molar-refractivity contribution >= 4 is 21.8 Å². The molecule has 110 valence electrons. The molecule has 1 amide bonds.